The number of halogens is 2. The molecule has 0 bridgehead atoms. The number of aryl methyl sites for hydroxylation is 1. The van der Waals surface area contributed by atoms with Crippen LogP contribution in [0.25, 0.3) is 22.2 Å². The van der Waals surface area contributed by atoms with Crippen LogP contribution in [0.1, 0.15) is 24.5 Å². The predicted octanol–water partition coefficient (Wildman–Crippen LogP) is 5.07. The van der Waals surface area contributed by atoms with Gasteiger partial charge in [-0.3, -0.25) is 18.9 Å². The molecule has 4 aromatic rings. The molecule has 0 spiro atoms. The van der Waals surface area contributed by atoms with Gasteiger partial charge < -0.3 is 0 Å². The monoisotopic (exact) mass is 453 g/mol. The standard InChI is InChI=1S/C24H21Cl2N3O2/c1-3-12-29-23(30)21-19(13-15-4-8-17(25)9-5-15)22(16-6-10-18(26)11-7-16)27-14-20(21)28(2)24(29)31/h4-11,14H,3,12-13H2,1-2H3. The highest BCUT2D eigenvalue weighted by molar-refractivity contribution is 6.30. The first-order chi connectivity index (χ1) is 14.9. The van der Waals surface area contributed by atoms with Gasteiger partial charge in [0, 0.05) is 35.6 Å². The number of hydrogen-bond donors (Lipinski definition) is 0. The molecule has 0 N–H and O–H groups in total. The molecule has 0 aliphatic rings. The Morgan fingerprint density at radius 3 is 2.16 bits per heavy atom. The lowest BCUT2D eigenvalue weighted by atomic mass is 9.96. The van der Waals surface area contributed by atoms with E-state index in [0.717, 1.165) is 16.7 Å². The third kappa shape index (κ3) is 4.03. The third-order valence-corrected chi connectivity index (χ3v) is 5.86. The summed E-state index contributed by atoms with van der Waals surface area (Å²) in [4.78, 5) is 30.9. The fourth-order valence-electron chi connectivity index (χ4n) is 3.80. The summed E-state index contributed by atoms with van der Waals surface area (Å²) < 4.78 is 2.80. The Morgan fingerprint density at radius 2 is 1.55 bits per heavy atom. The van der Waals surface area contributed by atoms with E-state index in [4.69, 9.17) is 23.2 Å². The molecule has 4 rings (SSSR count). The minimum Gasteiger partial charge on any atom is -0.295 e. The van der Waals surface area contributed by atoms with Crippen molar-refractivity contribution in [3.8, 4) is 11.3 Å². The first-order valence-electron chi connectivity index (χ1n) is 10.0. The normalized spacial score (nSPS) is 11.2. The van der Waals surface area contributed by atoms with Gasteiger partial charge in [0.15, 0.2) is 0 Å². The number of aromatic nitrogens is 3. The Balaban J connectivity index is 2.07. The van der Waals surface area contributed by atoms with Crippen molar-refractivity contribution < 1.29 is 0 Å². The van der Waals surface area contributed by atoms with Crippen LogP contribution >= 0.6 is 23.2 Å². The summed E-state index contributed by atoms with van der Waals surface area (Å²) in [5, 5.41) is 1.77. The summed E-state index contributed by atoms with van der Waals surface area (Å²) in [6.07, 6.45) is 2.76. The number of fused-ring (bicyclic) bond motifs is 1. The van der Waals surface area contributed by atoms with Gasteiger partial charge in [-0.15, -0.1) is 0 Å². The van der Waals surface area contributed by atoms with Gasteiger partial charge in [0.1, 0.15) is 0 Å². The summed E-state index contributed by atoms with van der Waals surface area (Å²) in [5.41, 5.74) is 3.20. The highest BCUT2D eigenvalue weighted by Gasteiger charge is 2.19. The Kier molecular flexibility index (Phi) is 5.99. The molecule has 0 aliphatic carbocycles. The van der Waals surface area contributed by atoms with Gasteiger partial charge in [0.05, 0.1) is 22.8 Å². The molecule has 0 atom stereocenters. The van der Waals surface area contributed by atoms with Crippen LogP contribution in [0.5, 0.6) is 0 Å². The van der Waals surface area contributed by atoms with Gasteiger partial charge in [0.25, 0.3) is 5.56 Å². The fourth-order valence-corrected chi connectivity index (χ4v) is 4.05. The van der Waals surface area contributed by atoms with Crippen LogP contribution in [0.4, 0.5) is 0 Å². The largest absolute Gasteiger partial charge is 0.331 e. The Bertz CT molecular complexity index is 1370. The van der Waals surface area contributed by atoms with Gasteiger partial charge in [-0.1, -0.05) is 54.4 Å². The molecule has 2 aromatic carbocycles. The third-order valence-electron chi connectivity index (χ3n) is 5.36. The molecule has 0 fully saturated rings. The summed E-state index contributed by atoms with van der Waals surface area (Å²) in [6.45, 7) is 2.30. The molecule has 0 radical (unpaired) electrons. The SMILES string of the molecule is CCCn1c(=O)c2c(Cc3ccc(Cl)cc3)c(-c3ccc(Cl)cc3)ncc2n(C)c1=O. The highest BCUT2D eigenvalue weighted by atomic mass is 35.5. The average molecular weight is 454 g/mol. The zero-order valence-electron chi connectivity index (χ0n) is 17.2. The van der Waals surface area contributed by atoms with E-state index in [1.54, 1.807) is 25.4 Å². The molecule has 2 aromatic heterocycles. The van der Waals surface area contributed by atoms with Gasteiger partial charge in [-0.05, 0) is 41.8 Å². The van der Waals surface area contributed by atoms with Gasteiger partial charge in [-0.25, -0.2) is 4.79 Å². The lowest BCUT2D eigenvalue weighted by molar-refractivity contribution is 0.594. The second kappa shape index (κ2) is 8.69. The van der Waals surface area contributed by atoms with E-state index in [9.17, 15) is 9.59 Å². The van der Waals surface area contributed by atoms with Crippen molar-refractivity contribution in [1.82, 2.24) is 14.1 Å². The van der Waals surface area contributed by atoms with E-state index in [1.807, 2.05) is 43.3 Å². The van der Waals surface area contributed by atoms with Crippen molar-refractivity contribution in [2.24, 2.45) is 7.05 Å². The number of nitrogens with zero attached hydrogens (tertiary/aromatic N) is 3. The van der Waals surface area contributed by atoms with E-state index < -0.39 is 0 Å². The van der Waals surface area contributed by atoms with E-state index in [-0.39, 0.29) is 11.2 Å². The maximum Gasteiger partial charge on any atom is 0.331 e. The maximum atomic E-state index is 13.5. The molecular formula is C24H21Cl2N3O2. The van der Waals surface area contributed by atoms with Gasteiger partial charge in [-0.2, -0.15) is 0 Å². The Hall–Kier alpha value is -2.89. The van der Waals surface area contributed by atoms with Crippen LogP contribution in [0, 0.1) is 0 Å². The molecule has 0 aliphatic heterocycles. The second-order valence-electron chi connectivity index (χ2n) is 7.45. The van der Waals surface area contributed by atoms with Crippen LogP contribution in [0.3, 0.4) is 0 Å². The topological polar surface area (TPSA) is 56.9 Å². The molecule has 0 saturated carbocycles. The van der Waals surface area contributed by atoms with Crippen LogP contribution in [-0.4, -0.2) is 14.1 Å². The summed E-state index contributed by atoms with van der Waals surface area (Å²) in [5.74, 6) is 0. The number of benzene rings is 2. The summed E-state index contributed by atoms with van der Waals surface area (Å²) >= 11 is 12.1. The smallest absolute Gasteiger partial charge is 0.295 e. The summed E-state index contributed by atoms with van der Waals surface area (Å²) in [7, 11) is 1.67. The van der Waals surface area contributed by atoms with E-state index in [1.165, 1.54) is 9.13 Å². The molecule has 158 valence electrons. The zero-order chi connectivity index (χ0) is 22.1. The molecule has 0 unspecified atom stereocenters. The number of rotatable bonds is 5. The van der Waals surface area contributed by atoms with Gasteiger partial charge >= 0.3 is 5.69 Å². The molecule has 5 nitrogen and oxygen atoms in total. The fraction of sp³-hybridized carbons (Fsp3) is 0.208. The number of pyridine rings is 1. The van der Waals surface area contributed by atoms with Gasteiger partial charge in [0.2, 0.25) is 0 Å². The van der Waals surface area contributed by atoms with Crippen molar-refractivity contribution in [3.05, 3.63) is 96.7 Å². The number of hydrogen-bond acceptors (Lipinski definition) is 3. The van der Waals surface area contributed by atoms with Crippen molar-refractivity contribution in [2.75, 3.05) is 0 Å². The van der Waals surface area contributed by atoms with Crippen molar-refractivity contribution in [3.63, 3.8) is 0 Å². The molecule has 7 heteroatoms. The van der Waals surface area contributed by atoms with E-state index >= 15 is 0 Å². The van der Waals surface area contributed by atoms with E-state index in [2.05, 4.69) is 4.98 Å². The average Bonchev–Trinajstić information content (AvgIpc) is 2.77. The van der Waals surface area contributed by atoms with Crippen molar-refractivity contribution in [2.45, 2.75) is 26.3 Å². The quantitative estimate of drug-likeness (QED) is 0.423. The first kappa shape index (κ1) is 21.3. The Labute approximate surface area is 189 Å². The van der Waals surface area contributed by atoms with Crippen molar-refractivity contribution in [1.29, 1.82) is 0 Å². The lowest BCUT2D eigenvalue weighted by Crippen LogP contribution is -2.39. The predicted molar refractivity (Wildman–Crippen MR) is 126 cm³/mol. The van der Waals surface area contributed by atoms with Crippen LogP contribution in [-0.2, 0) is 20.0 Å². The van der Waals surface area contributed by atoms with Crippen LogP contribution in [0.2, 0.25) is 10.0 Å². The zero-order valence-corrected chi connectivity index (χ0v) is 18.7. The lowest BCUT2D eigenvalue weighted by Gasteiger charge is -2.16. The van der Waals surface area contributed by atoms with Crippen molar-refractivity contribution >= 4 is 34.1 Å². The minimum absolute atomic E-state index is 0.290. The van der Waals surface area contributed by atoms with Crippen LogP contribution in [0.15, 0.2) is 64.3 Å². The highest BCUT2D eigenvalue weighted by Crippen LogP contribution is 2.29. The summed E-state index contributed by atoms with van der Waals surface area (Å²) in [6, 6.07) is 14.9. The first-order valence-corrected chi connectivity index (χ1v) is 10.8. The molecule has 2 heterocycles. The van der Waals surface area contributed by atoms with Crippen LogP contribution < -0.4 is 11.2 Å². The van der Waals surface area contributed by atoms with E-state index in [0.29, 0.717) is 46.0 Å². The second-order valence-corrected chi connectivity index (χ2v) is 8.33. The molecular weight excluding hydrogens is 433 g/mol. The molecule has 0 saturated heterocycles. The minimum atomic E-state index is -0.335. The Morgan fingerprint density at radius 1 is 0.935 bits per heavy atom. The molecule has 0 amide bonds. The molecule has 31 heavy (non-hydrogen) atoms. The maximum absolute atomic E-state index is 13.5.